The molecule has 1 heterocycles. The Hall–Kier alpha value is -1.06. The molecule has 12 heavy (non-hydrogen) atoms. The van der Waals surface area contributed by atoms with Crippen LogP contribution in [0.4, 0.5) is 13.2 Å². The Labute approximate surface area is 68.2 Å². The Morgan fingerprint density at radius 3 is 2.42 bits per heavy atom. The summed E-state index contributed by atoms with van der Waals surface area (Å²) in [4.78, 5) is 3.35. The molecule has 0 atom stereocenters. The van der Waals surface area contributed by atoms with Crippen molar-refractivity contribution in [2.75, 3.05) is 0 Å². The van der Waals surface area contributed by atoms with E-state index in [9.17, 15) is 13.2 Å². The van der Waals surface area contributed by atoms with Gasteiger partial charge in [0.2, 0.25) is 5.95 Å². The highest BCUT2D eigenvalue weighted by atomic mass is 19.3. The number of halogens is 3. The van der Waals surface area contributed by atoms with Crippen molar-refractivity contribution in [3.63, 3.8) is 0 Å². The van der Waals surface area contributed by atoms with Gasteiger partial charge in [0.1, 0.15) is 0 Å². The summed E-state index contributed by atoms with van der Waals surface area (Å²) in [5.41, 5.74) is 0.390. The van der Waals surface area contributed by atoms with Gasteiger partial charge >= 0.3 is 0 Å². The Bertz CT molecular complexity index is 297. The lowest BCUT2D eigenvalue weighted by molar-refractivity contribution is 0.145. The summed E-state index contributed by atoms with van der Waals surface area (Å²) in [7, 11) is 0. The van der Waals surface area contributed by atoms with E-state index in [0.717, 1.165) is 6.07 Å². The molecule has 0 saturated carbocycles. The third kappa shape index (κ3) is 1.57. The quantitative estimate of drug-likeness (QED) is 0.598. The Morgan fingerprint density at radius 1 is 1.33 bits per heavy atom. The number of aryl methyl sites for hydroxylation is 2. The number of alkyl halides is 2. The van der Waals surface area contributed by atoms with Gasteiger partial charge in [0.05, 0.1) is 5.56 Å². The van der Waals surface area contributed by atoms with E-state index in [0.29, 0.717) is 11.3 Å². The second-order valence-corrected chi connectivity index (χ2v) is 2.57. The molecule has 0 aliphatic carbocycles. The first-order chi connectivity index (χ1) is 5.52. The van der Waals surface area contributed by atoms with Gasteiger partial charge in [-0.25, -0.2) is 13.8 Å². The van der Waals surface area contributed by atoms with Gasteiger partial charge in [-0.15, -0.1) is 0 Å². The zero-order valence-electron chi connectivity index (χ0n) is 6.74. The number of hydrogen-bond acceptors (Lipinski definition) is 1. The third-order valence-electron chi connectivity index (χ3n) is 1.68. The maximum Gasteiger partial charge on any atom is 0.268 e. The van der Waals surface area contributed by atoms with Gasteiger partial charge in [-0.1, -0.05) is 0 Å². The molecular weight excluding hydrogens is 167 g/mol. The molecule has 4 heteroatoms. The lowest BCUT2D eigenvalue weighted by Gasteiger charge is -2.04. The molecule has 0 saturated heterocycles. The summed E-state index contributed by atoms with van der Waals surface area (Å²) in [6.45, 7) is 3.20. The summed E-state index contributed by atoms with van der Waals surface area (Å²) in [5.74, 6) is -1.08. The van der Waals surface area contributed by atoms with Gasteiger partial charge in [0, 0.05) is 5.69 Å². The average molecular weight is 175 g/mol. The molecule has 66 valence electrons. The lowest BCUT2D eigenvalue weighted by Crippen LogP contribution is -1.98. The van der Waals surface area contributed by atoms with Gasteiger partial charge in [0.15, 0.2) is 0 Å². The van der Waals surface area contributed by atoms with Gasteiger partial charge in [0.25, 0.3) is 6.43 Å². The second-order valence-electron chi connectivity index (χ2n) is 2.57. The third-order valence-corrected chi connectivity index (χ3v) is 1.68. The van der Waals surface area contributed by atoms with Crippen LogP contribution in [-0.2, 0) is 0 Å². The highest BCUT2D eigenvalue weighted by Gasteiger charge is 2.15. The summed E-state index contributed by atoms with van der Waals surface area (Å²) in [6.07, 6.45) is -2.79. The maximum atomic E-state index is 12.7. The van der Waals surface area contributed by atoms with E-state index < -0.39 is 17.9 Å². The van der Waals surface area contributed by atoms with Crippen molar-refractivity contribution < 1.29 is 13.2 Å². The van der Waals surface area contributed by atoms with Gasteiger partial charge in [-0.3, -0.25) is 0 Å². The normalized spacial score (nSPS) is 10.8. The zero-order valence-corrected chi connectivity index (χ0v) is 6.74. The van der Waals surface area contributed by atoms with E-state index in [-0.39, 0.29) is 0 Å². The Balaban J connectivity index is 3.23. The fourth-order valence-electron chi connectivity index (χ4n) is 0.850. The highest BCUT2D eigenvalue weighted by molar-refractivity contribution is 5.24. The molecule has 0 spiro atoms. The van der Waals surface area contributed by atoms with Crippen molar-refractivity contribution in [2.24, 2.45) is 0 Å². The largest absolute Gasteiger partial charge is 0.268 e. The van der Waals surface area contributed by atoms with Crippen LogP contribution in [0.3, 0.4) is 0 Å². The van der Waals surface area contributed by atoms with Crippen molar-refractivity contribution in [2.45, 2.75) is 20.3 Å². The van der Waals surface area contributed by atoms with Crippen LogP contribution in [0.1, 0.15) is 23.2 Å². The summed E-state index contributed by atoms with van der Waals surface area (Å²) >= 11 is 0. The number of rotatable bonds is 1. The first-order valence-electron chi connectivity index (χ1n) is 3.44. The average Bonchev–Trinajstić information content (AvgIpc) is 1.96. The van der Waals surface area contributed by atoms with E-state index >= 15 is 0 Å². The maximum absolute atomic E-state index is 12.7. The monoisotopic (exact) mass is 175 g/mol. The van der Waals surface area contributed by atoms with Crippen molar-refractivity contribution >= 4 is 0 Å². The van der Waals surface area contributed by atoms with Crippen LogP contribution >= 0.6 is 0 Å². The standard InChI is InChI=1S/C8H8F3N/c1-4-3-6(7(9)10)8(11)12-5(4)2/h3,7H,1-2H3. The van der Waals surface area contributed by atoms with Crippen molar-refractivity contribution in [1.82, 2.24) is 4.98 Å². The van der Waals surface area contributed by atoms with E-state index in [4.69, 9.17) is 0 Å². The fraction of sp³-hybridized carbons (Fsp3) is 0.375. The molecule has 0 aliphatic heterocycles. The molecule has 0 unspecified atom stereocenters. The van der Waals surface area contributed by atoms with Crippen LogP contribution in [0.25, 0.3) is 0 Å². The van der Waals surface area contributed by atoms with Crippen LogP contribution in [0, 0.1) is 19.8 Å². The van der Waals surface area contributed by atoms with Crippen molar-refractivity contribution in [1.29, 1.82) is 0 Å². The fourth-order valence-corrected chi connectivity index (χ4v) is 0.850. The molecule has 1 nitrogen and oxygen atoms in total. The molecular formula is C8H8F3N. The smallest absolute Gasteiger partial charge is 0.224 e. The molecule has 1 aromatic rings. The molecule has 0 radical (unpaired) electrons. The van der Waals surface area contributed by atoms with E-state index in [1.807, 2.05) is 0 Å². The Morgan fingerprint density at radius 2 is 1.92 bits per heavy atom. The highest BCUT2D eigenvalue weighted by Crippen LogP contribution is 2.22. The van der Waals surface area contributed by atoms with Crippen LogP contribution in [-0.4, -0.2) is 4.98 Å². The molecule has 0 N–H and O–H groups in total. The summed E-state index contributed by atoms with van der Waals surface area (Å²) < 4.78 is 36.8. The van der Waals surface area contributed by atoms with Crippen LogP contribution in [0.15, 0.2) is 6.07 Å². The van der Waals surface area contributed by atoms with Gasteiger partial charge in [-0.2, -0.15) is 4.39 Å². The van der Waals surface area contributed by atoms with Crippen LogP contribution in [0.2, 0.25) is 0 Å². The molecule has 1 rings (SSSR count). The molecule has 0 aliphatic rings. The zero-order chi connectivity index (χ0) is 9.30. The molecule has 1 aromatic heterocycles. The minimum atomic E-state index is -2.79. The first kappa shape index (κ1) is 9.03. The van der Waals surface area contributed by atoms with Gasteiger partial charge < -0.3 is 0 Å². The number of nitrogens with zero attached hydrogens (tertiary/aromatic N) is 1. The minimum Gasteiger partial charge on any atom is -0.224 e. The number of hydrogen-bond donors (Lipinski definition) is 0. The second kappa shape index (κ2) is 3.13. The van der Waals surface area contributed by atoms with Gasteiger partial charge in [-0.05, 0) is 25.5 Å². The number of aromatic nitrogens is 1. The lowest BCUT2D eigenvalue weighted by atomic mass is 10.1. The van der Waals surface area contributed by atoms with Crippen molar-refractivity contribution in [3.8, 4) is 0 Å². The van der Waals surface area contributed by atoms with Crippen molar-refractivity contribution in [3.05, 3.63) is 28.8 Å². The summed E-state index contributed by atoms with van der Waals surface area (Å²) in [5, 5.41) is 0. The Kier molecular flexibility index (Phi) is 2.35. The SMILES string of the molecule is Cc1cc(C(F)F)c(F)nc1C. The van der Waals surface area contributed by atoms with E-state index in [1.165, 1.54) is 0 Å². The molecule has 0 amide bonds. The number of pyridine rings is 1. The topological polar surface area (TPSA) is 12.9 Å². The minimum absolute atomic E-state index is 0.442. The van der Waals surface area contributed by atoms with E-state index in [2.05, 4.69) is 4.98 Å². The molecule has 0 fully saturated rings. The first-order valence-corrected chi connectivity index (χ1v) is 3.44. The predicted molar refractivity (Wildman–Crippen MR) is 38.6 cm³/mol. The molecule has 0 aromatic carbocycles. The van der Waals surface area contributed by atoms with Crippen LogP contribution < -0.4 is 0 Å². The van der Waals surface area contributed by atoms with E-state index in [1.54, 1.807) is 13.8 Å². The van der Waals surface area contributed by atoms with Crippen LogP contribution in [0.5, 0.6) is 0 Å². The summed E-state index contributed by atoms with van der Waals surface area (Å²) in [6, 6.07) is 1.13. The predicted octanol–water partition coefficient (Wildman–Crippen LogP) is 2.78. The molecule has 0 bridgehead atoms.